The molecule has 0 aliphatic carbocycles. The van der Waals surface area contributed by atoms with Gasteiger partial charge in [0.15, 0.2) is 0 Å². The van der Waals surface area contributed by atoms with E-state index < -0.39 is 0 Å². The van der Waals surface area contributed by atoms with Crippen LogP contribution in [0.4, 0.5) is 5.69 Å². The number of aryl methyl sites for hydroxylation is 1. The Kier molecular flexibility index (Phi) is 5.18. The van der Waals surface area contributed by atoms with E-state index in [0.29, 0.717) is 28.5 Å². The fourth-order valence-corrected chi connectivity index (χ4v) is 2.26. The van der Waals surface area contributed by atoms with Crippen LogP contribution in [0.2, 0.25) is 5.02 Å². The number of halogens is 1. The van der Waals surface area contributed by atoms with E-state index in [9.17, 15) is 9.59 Å². The van der Waals surface area contributed by atoms with Crippen molar-refractivity contribution in [2.45, 2.75) is 6.54 Å². The van der Waals surface area contributed by atoms with Crippen molar-refractivity contribution in [1.82, 2.24) is 14.7 Å². The maximum absolute atomic E-state index is 12.4. The Morgan fingerprint density at radius 1 is 1.39 bits per heavy atom. The molecule has 0 unspecified atom stereocenters. The zero-order valence-corrected chi connectivity index (χ0v) is 13.7. The van der Waals surface area contributed by atoms with E-state index in [2.05, 4.69) is 17.0 Å². The van der Waals surface area contributed by atoms with Crippen molar-refractivity contribution < 1.29 is 9.59 Å². The summed E-state index contributed by atoms with van der Waals surface area (Å²) in [5.41, 5.74) is 1.75. The third kappa shape index (κ3) is 4.20. The molecular weight excluding hydrogens is 316 g/mol. The molecule has 1 aromatic carbocycles. The third-order valence-corrected chi connectivity index (χ3v) is 3.49. The summed E-state index contributed by atoms with van der Waals surface area (Å²) in [4.78, 5) is 25.2. The number of nitrogens with one attached hydrogen (secondary N) is 1. The van der Waals surface area contributed by atoms with Gasteiger partial charge in [-0.3, -0.25) is 14.3 Å². The van der Waals surface area contributed by atoms with Crippen molar-refractivity contribution in [1.29, 1.82) is 0 Å². The molecule has 0 atom stereocenters. The van der Waals surface area contributed by atoms with Gasteiger partial charge >= 0.3 is 0 Å². The molecule has 7 heteroatoms. The minimum absolute atomic E-state index is 0.159. The fraction of sp³-hybridized carbons (Fsp3) is 0.188. The number of rotatable bonds is 5. The maximum Gasteiger partial charge on any atom is 0.253 e. The Balaban J connectivity index is 2.05. The van der Waals surface area contributed by atoms with Crippen LogP contribution in [0.25, 0.3) is 0 Å². The van der Waals surface area contributed by atoms with Crippen molar-refractivity contribution in [3.63, 3.8) is 0 Å². The lowest BCUT2D eigenvalue weighted by Crippen LogP contribution is -2.26. The number of aromatic nitrogens is 2. The van der Waals surface area contributed by atoms with Gasteiger partial charge in [0.2, 0.25) is 5.91 Å². The van der Waals surface area contributed by atoms with Crippen LogP contribution in [0, 0.1) is 0 Å². The number of amides is 2. The van der Waals surface area contributed by atoms with E-state index in [1.54, 1.807) is 49.2 Å². The Labute approximate surface area is 139 Å². The lowest BCUT2D eigenvalue weighted by molar-refractivity contribution is -0.111. The predicted molar refractivity (Wildman–Crippen MR) is 89.3 cm³/mol. The average Bonchev–Trinajstić information content (AvgIpc) is 2.84. The molecule has 0 radical (unpaired) electrons. The molecule has 23 heavy (non-hydrogen) atoms. The van der Waals surface area contributed by atoms with Crippen LogP contribution in [0.5, 0.6) is 0 Å². The highest BCUT2D eigenvalue weighted by molar-refractivity contribution is 6.31. The minimum Gasteiger partial charge on any atom is -0.336 e. The number of anilines is 1. The van der Waals surface area contributed by atoms with Crippen LogP contribution < -0.4 is 5.32 Å². The Morgan fingerprint density at radius 2 is 2.04 bits per heavy atom. The molecule has 0 saturated heterocycles. The van der Waals surface area contributed by atoms with Gasteiger partial charge in [-0.1, -0.05) is 18.2 Å². The van der Waals surface area contributed by atoms with Crippen LogP contribution in [0.3, 0.4) is 0 Å². The molecule has 2 rings (SSSR count). The molecule has 2 aromatic rings. The van der Waals surface area contributed by atoms with Gasteiger partial charge in [-0.25, -0.2) is 0 Å². The standard InChI is InChI=1S/C16H17ClN4O2/c1-4-15(22)18-12-7-5-11(6-8-12)16(23)20(2)10-14-13(17)9-21(3)19-14/h4-9H,1,10H2,2-3H3,(H,18,22). The first-order valence-corrected chi connectivity index (χ1v) is 7.25. The number of carbonyl (C=O) groups is 2. The van der Waals surface area contributed by atoms with Gasteiger partial charge in [0.1, 0.15) is 5.69 Å². The van der Waals surface area contributed by atoms with E-state index in [1.807, 2.05) is 0 Å². The van der Waals surface area contributed by atoms with Gasteiger partial charge in [0, 0.05) is 31.5 Å². The van der Waals surface area contributed by atoms with Crippen LogP contribution >= 0.6 is 11.6 Å². The monoisotopic (exact) mass is 332 g/mol. The Bertz CT molecular complexity index is 737. The Hall–Kier alpha value is -2.60. The quantitative estimate of drug-likeness (QED) is 0.855. The number of carbonyl (C=O) groups excluding carboxylic acids is 2. The van der Waals surface area contributed by atoms with Crippen molar-refractivity contribution in [2.75, 3.05) is 12.4 Å². The smallest absolute Gasteiger partial charge is 0.253 e. The highest BCUT2D eigenvalue weighted by Crippen LogP contribution is 2.17. The molecule has 0 aliphatic heterocycles. The second-order valence-electron chi connectivity index (χ2n) is 5.03. The van der Waals surface area contributed by atoms with Crippen molar-refractivity contribution >= 4 is 29.1 Å². The van der Waals surface area contributed by atoms with Crippen molar-refractivity contribution in [3.8, 4) is 0 Å². The predicted octanol–water partition coefficient (Wildman–Crippen LogP) is 2.47. The number of hydrogen-bond acceptors (Lipinski definition) is 3. The second-order valence-corrected chi connectivity index (χ2v) is 5.44. The molecule has 0 bridgehead atoms. The van der Waals surface area contributed by atoms with Gasteiger partial charge in [-0.2, -0.15) is 5.10 Å². The first kappa shape index (κ1) is 16.8. The first-order chi connectivity index (χ1) is 10.9. The van der Waals surface area contributed by atoms with Crippen LogP contribution in [0.15, 0.2) is 43.1 Å². The zero-order valence-electron chi connectivity index (χ0n) is 12.9. The van der Waals surface area contributed by atoms with Gasteiger partial charge in [0.05, 0.1) is 11.6 Å². The van der Waals surface area contributed by atoms with E-state index >= 15 is 0 Å². The van der Waals surface area contributed by atoms with Crippen LogP contribution in [-0.4, -0.2) is 33.5 Å². The molecule has 0 spiro atoms. The van der Waals surface area contributed by atoms with E-state index in [4.69, 9.17) is 11.6 Å². The van der Waals surface area contributed by atoms with Crippen LogP contribution in [-0.2, 0) is 18.4 Å². The van der Waals surface area contributed by atoms with Gasteiger partial charge < -0.3 is 10.2 Å². The largest absolute Gasteiger partial charge is 0.336 e. The van der Waals surface area contributed by atoms with E-state index in [1.165, 1.54) is 11.0 Å². The summed E-state index contributed by atoms with van der Waals surface area (Å²) in [6.45, 7) is 3.70. The highest BCUT2D eigenvalue weighted by atomic mass is 35.5. The SMILES string of the molecule is C=CC(=O)Nc1ccc(C(=O)N(C)Cc2nn(C)cc2Cl)cc1. The molecule has 0 aliphatic rings. The molecule has 120 valence electrons. The molecule has 6 nitrogen and oxygen atoms in total. The van der Waals surface area contributed by atoms with Crippen molar-refractivity contribution in [3.05, 3.63) is 59.4 Å². The lowest BCUT2D eigenvalue weighted by atomic mass is 10.2. The summed E-state index contributed by atoms with van der Waals surface area (Å²) >= 11 is 6.05. The molecule has 1 N–H and O–H groups in total. The molecule has 1 aromatic heterocycles. The van der Waals surface area contributed by atoms with Gasteiger partial charge in [-0.15, -0.1) is 0 Å². The third-order valence-electron chi connectivity index (χ3n) is 3.17. The Morgan fingerprint density at radius 3 is 2.57 bits per heavy atom. The summed E-state index contributed by atoms with van der Waals surface area (Å²) in [5, 5.41) is 7.36. The summed E-state index contributed by atoms with van der Waals surface area (Å²) in [6, 6.07) is 6.63. The highest BCUT2D eigenvalue weighted by Gasteiger charge is 2.15. The fourth-order valence-electron chi connectivity index (χ4n) is 2.02. The summed E-state index contributed by atoms with van der Waals surface area (Å²) < 4.78 is 1.60. The minimum atomic E-state index is -0.300. The van der Waals surface area contributed by atoms with E-state index in [-0.39, 0.29) is 11.8 Å². The van der Waals surface area contributed by atoms with Gasteiger partial charge in [-0.05, 0) is 30.3 Å². The van der Waals surface area contributed by atoms with Crippen molar-refractivity contribution in [2.24, 2.45) is 7.05 Å². The molecule has 1 heterocycles. The molecule has 0 fully saturated rings. The normalized spacial score (nSPS) is 10.2. The zero-order chi connectivity index (χ0) is 17.0. The van der Waals surface area contributed by atoms with E-state index in [0.717, 1.165) is 0 Å². The molecular formula is C16H17ClN4O2. The number of hydrogen-bond donors (Lipinski definition) is 1. The average molecular weight is 333 g/mol. The molecule has 0 saturated carbocycles. The number of benzene rings is 1. The maximum atomic E-state index is 12.4. The summed E-state index contributed by atoms with van der Waals surface area (Å²) in [7, 11) is 3.45. The first-order valence-electron chi connectivity index (χ1n) is 6.87. The summed E-state index contributed by atoms with van der Waals surface area (Å²) in [5.74, 6) is -0.459. The topological polar surface area (TPSA) is 67.2 Å². The van der Waals surface area contributed by atoms with Gasteiger partial charge in [0.25, 0.3) is 5.91 Å². The lowest BCUT2D eigenvalue weighted by Gasteiger charge is -2.16. The van der Waals surface area contributed by atoms with Crippen LogP contribution in [0.1, 0.15) is 16.1 Å². The number of nitrogens with zero attached hydrogens (tertiary/aromatic N) is 3. The molecule has 2 amide bonds. The second kappa shape index (κ2) is 7.11. The summed E-state index contributed by atoms with van der Waals surface area (Å²) in [6.07, 6.45) is 2.87.